The average molecular weight is 470 g/mol. The van der Waals surface area contributed by atoms with Gasteiger partial charge in [0.1, 0.15) is 0 Å². The second-order valence-electron chi connectivity index (χ2n) is 7.27. The Labute approximate surface area is 209 Å². The number of aryl methyl sites for hydroxylation is 1. The summed E-state index contributed by atoms with van der Waals surface area (Å²) in [5.41, 5.74) is 4.16. The van der Waals surface area contributed by atoms with Crippen LogP contribution in [0.4, 0.5) is 0 Å². The maximum absolute atomic E-state index is 2.29. The molecule has 2 heteroatoms. The van der Waals surface area contributed by atoms with Gasteiger partial charge in [-0.1, -0.05) is 101 Å². The Morgan fingerprint density at radius 2 is 1.09 bits per heavy atom. The maximum atomic E-state index is 2.29. The molecule has 2 heterocycles. The zero-order valence-corrected chi connectivity index (χ0v) is 24.6. The van der Waals surface area contributed by atoms with Gasteiger partial charge in [0.2, 0.25) is 0 Å². The number of aromatic nitrogens is 1. The summed E-state index contributed by atoms with van der Waals surface area (Å²) in [7, 11) is 2.08. The van der Waals surface area contributed by atoms with Crippen LogP contribution in [0.5, 0.6) is 0 Å². The van der Waals surface area contributed by atoms with E-state index in [-0.39, 0.29) is 0 Å². The lowest BCUT2D eigenvalue weighted by molar-refractivity contribution is 0.868. The minimum Gasteiger partial charge on any atom is -0.351 e. The van der Waals surface area contributed by atoms with Gasteiger partial charge in [-0.3, -0.25) is 0 Å². The summed E-state index contributed by atoms with van der Waals surface area (Å²) in [5, 5.41) is 4.87. The number of hydrogen-bond donors (Lipinski definition) is 0. The second-order valence-corrected chi connectivity index (χ2v) is 8.22. The van der Waals surface area contributed by atoms with E-state index >= 15 is 0 Å². The lowest BCUT2D eigenvalue weighted by Gasteiger charge is -2.05. The standard InChI is InChI=1S/C12H15N.C11H12S.4C2H6/c1-9(2)10-4-5-12-11(8-10)6-7-13(12)3;1-8(2)9-3-4-11-10(7-9)5-6-12-11;4*1-2/h4-9H,1-3H3;3-8H,1-2H3;4*1-2H3. The van der Waals surface area contributed by atoms with Crippen molar-refractivity contribution in [3.63, 3.8) is 0 Å². The van der Waals surface area contributed by atoms with Gasteiger partial charge in [-0.15, -0.1) is 11.3 Å². The molecule has 0 aliphatic rings. The van der Waals surface area contributed by atoms with E-state index in [9.17, 15) is 0 Å². The zero-order valence-electron chi connectivity index (χ0n) is 23.8. The molecule has 0 amide bonds. The van der Waals surface area contributed by atoms with Crippen molar-refractivity contribution in [1.82, 2.24) is 4.57 Å². The van der Waals surface area contributed by atoms with E-state index in [2.05, 4.69) is 99.4 Å². The Morgan fingerprint density at radius 3 is 1.61 bits per heavy atom. The minimum absolute atomic E-state index is 0.615. The fraction of sp³-hybridized carbons (Fsp3) is 0.484. The molecule has 4 aromatic rings. The largest absolute Gasteiger partial charge is 0.351 e. The van der Waals surface area contributed by atoms with Crippen molar-refractivity contribution >= 4 is 32.3 Å². The fourth-order valence-corrected chi connectivity index (χ4v) is 3.77. The smallest absolute Gasteiger partial charge is 0.0477 e. The van der Waals surface area contributed by atoms with Gasteiger partial charge in [-0.05, 0) is 69.4 Å². The molecule has 0 aliphatic heterocycles. The highest BCUT2D eigenvalue weighted by atomic mass is 32.1. The fourth-order valence-electron chi connectivity index (χ4n) is 3.00. The van der Waals surface area contributed by atoms with E-state index in [0.717, 1.165) is 0 Å². The third-order valence-corrected chi connectivity index (χ3v) is 5.62. The van der Waals surface area contributed by atoms with Gasteiger partial charge in [-0.25, -0.2) is 0 Å². The molecule has 0 atom stereocenters. The van der Waals surface area contributed by atoms with E-state index in [1.54, 1.807) is 0 Å². The molecule has 0 N–H and O–H groups in total. The van der Waals surface area contributed by atoms with Crippen LogP contribution in [0.2, 0.25) is 0 Å². The van der Waals surface area contributed by atoms with Crippen molar-refractivity contribution in [3.05, 3.63) is 71.2 Å². The molecule has 2 aromatic heterocycles. The van der Waals surface area contributed by atoms with Crippen molar-refractivity contribution in [2.75, 3.05) is 0 Å². The first-order valence-corrected chi connectivity index (χ1v) is 13.9. The van der Waals surface area contributed by atoms with Gasteiger partial charge in [0.25, 0.3) is 0 Å². The van der Waals surface area contributed by atoms with Crippen molar-refractivity contribution in [1.29, 1.82) is 0 Å². The van der Waals surface area contributed by atoms with Crippen molar-refractivity contribution < 1.29 is 0 Å². The highest BCUT2D eigenvalue weighted by Crippen LogP contribution is 2.25. The van der Waals surface area contributed by atoms with Crippen molar-refractivity contribution in [2.45, 2.75) is 94.9 Å². The Bertz CT molecular complexity index is 973. The van der Waals surface area contributed by atoms with Crippen molar-refractivity contribution in [3.8, 4) is 0 Å². The van der Waals surface area contributed by atoms with Gasteiger partial charge < -0.3 is 4.57 Å². The predicted molar refractivity (Wildman–Crippen MR) is 158 cm³/mol. The van der Waals surface area contributed by atoms with Crippen LogP contribution in [0.3, 0.4) is 0 Å². The van der Waals surface area contributed by atoms with Crippen LogP contribution in [0, 0.1) is 0 Å². The second kappa shape index (κ2) is 19.4. The normalized spacial score (nSPS) is 9.30. The number of rotatable bonds is 2. The third kappa shape index (κ3) is 10.6. The first-order chi connectivity index (χ1) is 16.0. The number of thiophene rings is 1. The average Bonchev–Trinajstić information content (AvgIpc) is 3.50. The quantitative estimate of drug-likeness (QED) is 0.275. The molecule has 0 aliphatic carbocycles. The van der Waals surface area contributed by atoms with Crippen molar-refractivity contribution in [2.24, 2.45) is 7.05 Å². The molecule has 4 rings (SSSR count). The minimum atomic E-state index is 0.615. The molecular weight excluding hydrogens is 418 g/mol. The summed E-state index contributed by atoms with van der Waals surface area (Å²) in [6.07, 6.45) is 2.11. The first-order valence-electron chi connectivity index (χ1n) is 13.0. The van der Waals surface area contributed by atoms with E-state index in [4.69, 9.17) is 0 Å². The molecule has 186 valence electrons. The summed E-state index contributed by atoms with van der Waals surface area (Å²) in [5.74, 6) is 1.25. The Kier molecular flexibility index (Phi) is 19.5. The molecule has 0 unspecified atom stereocenters. The van der Waals surface area contributed by atoms with Gasteiger partial charge in [0.15, 0.2) is 0 Å². The van der Waals surface area contributed by atoms with Gasteiger partial charge >= 0.3 is 0 Å². The van der Waals surface area contributed by atoms with E-state index < -0.39 is 0 Å². The van der Waals surface area contributed by atoms with Crippen LogP contribution in [0.1, 0.15) is 106 Å². The lowest BCUT2D eigenvalue weighted by atomic mass is 10.0. The van der Waals surface area contributed by atoms with Crippen LogP contribution in [-0.4, -0.2) is 4.57 Å². The van der Waals surface area contributed by atoms with E-state index in [0.29, 0.717) is 11.8 Å². The Morgan fingerprint density at radius 1 is 0.606 bits per heavy atom. The topological polar surface area (TPSA) is 4.93 Å². The van der Waals surface area contributed by atoms with Gasteiger partial charge in [0, 0.05) is 23.5 Å². The highest BCUT2D eigenvalue weighted by molar-refractivity contribution is 7.17. The summed E-state index contributed by atoms with van der Waals surface area (Å²) in [4.78, 5) is 0. The zero-order chi connectivity index (χ0) is 26.0. The number of fused-ring (bicyclic) bond motifs is 2. The molecule has 2 aromatic carbocycles. The molecule has 0 saturated carbocycles. The summed E-state index contributed by atoms with van der Waals surface area (Å²) >= 11 is 1.81. The number of nitrogens with zero attached hydrogens (tertiary/aromatic N) is 1. The predicted octanol–water partition coefficient (Wildman–Crippen LogP) is 11.4. The van der Waals surface area contributed by atoms with Crippen LogP contribution in [-0.2, 0) is 7.05 Å². The lowest BCUT2D eigenvalue weighted by Crippen LogP contribution is -1.88. The van der Waals surface area contributed by atoms with Crippen LogP contribution >= 0.6 is 11.3 Å². The molecule has 0 spiro atoms. The highest BCUT2D eigenvalue weighted by Gasteiger charge is 2.02. The summed E-state index contributed by atoms with van der Waals surface area (Å²) in [6, 6.07) is 17.8. The molecule has 1 nitrogen and oxygen atoms in total. The summed E-state index contributed by atoms with van der Waals surface area (Å²) < 4.78 is 3.54. The van der Waals surface area contributed by atoms with E-state index in [1.807, 2.05) is 66.7 Å². The SMILES string of the molecule is CC.CC.CC.CC.CC(C)c1ccc2c(ccn2C)c1.CC(C)c1ccc2sccc2c1. The monoisotopic (exact) mass is 469 g/mol. The molecule has 0 saturated heterocycles. The summed E-state index contributed by atoms with van der Waals surface area (Å²) in [6.45, 7) is 24.9. The molecule has 0 radical (unpaired) electrons. The number of benzene rings is 2. The Hall–Kier alpha value is -2.06. The maximum Gasteiger partial charge on any atom is 0.0477 e. The molecule has 0 fully saturated rings. The van der Waals surface area contributed by atoms with Crippen LogP contribution in [0.15, 0.2) is 60.1 Å². The third-order valence-electron chi connectivity index (χ3n) is 4.72. The number of hydrogen-bond acceptors (Lipinski definition) is 1. The molecule has 0 bridgehead atoms. The molecule has 33 heavy (non-hydrogen) atoms. The van der Waals surface area contributed by atoms with Crippen LogP contribution in [0.25, 0.3) is 21.0 Å². The van der Waals surface area contributed by atoms with E-state index in [1.165, 1.54) is 32.1 Å². The van der Waals surface area contributed by atoms with Gasteiger partial charge in [-0.2, -0.15) is 0 Å². The van der Waals surface area contributed by atoms with Gasteiger partial charge in [0.05, 0.1) is 0 Å². The van der Waals surface area contributed by atoms with Crippen LogP contribution < -0.4 is 0 Å². The molecular formula is C31H51NS. The first kappa shape index (κ1) is 33.1. The Balaban J connectivity index is 0.